The Morgan fingerprint density at radius 3 is 2.86 bits per heavy atom. The van der Waals surface area contributed by atoms with Gasteiger partial charge in [0.1, 0.15) is 0 Å². The van der Waals surface area contributed by atoms with Crippen LogP contribution >= 0.6 is 0 Å². The molecule has 0 saturated carbocycles. The Hall–Kier alpha value is -1.10. The third-order valence-corrected chi connectivity index (χ3v) is 2.60. The quantitative estimate of drug-likeness (QED) is 0.640. The van der Waals surface area contributed by atoms with Crippen molar-refractivity contribution in [1.29, 1.82) is 0 Å². The fourth-order valence-corrected chi connectivity index (χ4v) is 1.80. The summed E-state index contributed by atoms with van der Waals surface area (Å²) in [6, 6.07) is -0.288. The van der Waals surface area contributed by atoms with Crippen molar-refractivity contribution in [3.05, 3.63) is 0 Å². The normalized spacial score (nSPS) is 28.0. The fourth-order valence-electron chi connectivity index (χ4n) is 1.80. The van der Waals surface area contributed by atoms with Crippen molar-refractivity contribution < 1.29 is 14.3 Å². The lowest BCUT2D eigenvalue weighted by Crippen LogP contribution is -2.39. The first kappa shape index (κ1) is 9.45. The van der Waals surface area contributed by atoms with E-state index in [1.165, 1.54) is 4.90 Å². The van der Waals surface area contributed by atoms with Gasteiger partial charge in [0.2, 0.25) is 5.91 Å². The Morgan fingerprint density at radius 2 is 2.29 bits per heavy atom. The lowest BCUT2D eigenvalue weighted by molar-refractivity contribution is -0.126. The summed E-state index contributed by atoms with van der Waals surface area (Å²) in [6.07, 6.45) is 3.18. The predicted octanol–water partition coefficient (Wildman–Crippen LogP) is 0.107. The number of urea groups is 1. The third kappa shape index (κ3) is 1.87. The topological polar surface area (TPSA) is 58.6 Å². The standard InChI is InChI=1S/C9H14N2O3/c12-8-5-10-9(13)11(8)6-7-3-1-2-4-14-7/h7H,1-6H2,(H,10,13). The van der Waals surface area contributed by atoms with Gasteiger partial charge in [-0.3, -0.25) is 9.69 Å². The van der Waals surface area contributed by atoms with Crippen molar-refractivity contribution in [2.75, 3.05) is 19.7 Å². The summed E-state index contributed by atoms with van der Waals surface area (Å²) in [4.78, 5) is 23.7. The molecule has 0 aromatic heterocycles. The zero-order valence-electron chi connectivity index (χ0n) is 7.99. The van der Waals surface area contributed by atoms with Crippen LogP contribution in [0.2, 0.25) is 0 Å². The smallest absolute Gasteiger partial charge is 0.324 e. The Bertz CT molecular complexity index is 232. The number of rotatable bonds is 2. The number of ether oxygens (including phenoxy) is 1. The molecule has 0 aromatic carbocycles. The van der Waals surface area contributed by atoms with Crippen LogP contribution in [0.15, 0.2) is 0 Å². The van der Waals surface area contributed by atoms with Crippen LogP contribution in [0.4, 0.5) is 4.79 Å². The van der Waals surface area contributed by atoms with Crippen LogP contribution in [0.5, 0.6) is 0 Å². The lowest BCUT2D eigenvalue weighted by Gasteiger charge is -2.25. The molecule has 0 aliphatic carbocycles. The van der Waals surface area contributed by atoms with Crippen molar-refractivity contribution >= 4 is 11.9 Å². The molecule has 2 fully saturated rings. The van der Waals surface area contributed by atoms with Crippen molar-refractivity contribution in [1.82, 2.24) is 10.2 Å². The monoisotopic (exact) mass is 198 g/mol. The Kier molecular flexibility index (Phi) is 2.67. The molecule has 2 aliphatic heterocycles. The highest BCUT2D eigenvalue weighted by atomic mass is 16.5. The van der Waals surface area contributed by atoms with Gasteiger partial charge < -0.3 is 10.1 Å². The van der Waals surface area contributed by atoms with E-state index in [9.17, 15) is 9.59 Å². The molecule has 0 radical (unpaired) electrons. The molecule has 0 spiro atoms. The second-order valence-electron chi connectivity index (χ2n) is 3.65. The van der Waals surface area contributed by atoms with Crippen molar-refractivity contribution in [3.63, 3.8) is 0 Å². The Labute approximate surface area is 82.4 Å². The average Bonchev–Trinajstić information content (AvgIpc) is 2.51. The molecule has 78 valence electrons. The molecule has 2 saturated heterocycles. The molecule has 5 heteroatoms. The molecule has 1 unspecified atom stereocenters. The van der Waals surface area contributed by atoms with Gasteiger partial charge in [-0.2, -0.15) is 0 Å². The highest BCUT2D eigenvalue weighted by molar-refractivity contribution is 6.01. The molecule has 3 amide bonds. The van der Waals surface area contributed by atoms with Gasteiger partial charge in [0.05, 0.1) is 19.2 Å². The molecule has 1 atom stereocenters. The minimum absolute atomic E-state index is 0.0385. The van der Waals surface area contributed by atoms with Crippen molar-refractivity contribution in [2.24, 2.45) is 0 Å². The van der Waals surface area contributed by atoms with Crippen LogP contribution in [-0.2, 0) is 9.53 Å². The van der Waals surface area contributed by atoms with Gasteiger partial charge in [-0.25, -0.2) is 4.79 Å². The van der Waals surface area contributed by atoms with Gasteiger partial charge in [-0.15, -0.1) is 0 Å². The van der Waals surface area contributed by atoms with Gasteiger partial charge >= 0.3 is 6.03 Å². The first-order chi connectivity index (χ1) is 6.77. The van der Waals surface area contributed by atoms with Crippen molar-refractivity contribution in [3.8, 4) is 0 Å². The van der Waals surface area contributed by atoms with Crippen LogP contribution < -0.4 is 5.32 Å². The summed E-state index contributed by atoms with van der Waals surface area (Å²) >= 11 is 0. The minimum atomic E-state index is -0.288. The zero-order valence-corrected chi connectivity index (χ0v) is 7.99. The number of carbonyl (C=O) groups excluding carboxylic acids is 2. The number of carbonyl (C=O) groups is 2. The Morgan fingerprint density at radius 1 is 1.43 bits per heavy atom. The van der Waals surface area contributed by atoms with Crippen LogP contribution in [0, 0.1) is 0 Å². The molecule has 0 bridgehead atoms. The van der Waals surface area contributed by atoms with E-state index in [-0.39, 0.29) is 24.6 Å². The van der Waals surface area contributed by atoms with Crippen LogP contribution in [0.1, 0.15) is 19.3 Å². The molecule has 1 N–H and O–H groups in total. The lowest BCUT2D eigenvalue weighted by atomic mass is 10.1. The predicted molar refractivity (Wildman–Crippen MR) is 48.7 cm³/mol. The molecule has 14 heavy (non-hydrogen) atoms. The van der Waals surface area contributed by atoms with Crippen LogP contribution in [0.25, 0.3) is 0 Å². The van der Waals surface area contributed by atoms with E-state index < -0.39 is 0 Å². The molecular formula is C9H14N2O3. The van der Waals surface area contributed by atoms with E-state index >= 15 is 0 Å². The molecule has 2 aliphatic rings. The number of hydrogen-bond donors (Lipinski definition) is 1. The largest absolute Gasteiger partial charge is 0.376 e. The van der Waals surface area contributed by atoms with Gasteiger partial charge in [-0.05, 0) is 19.3 Å². The summed E-state index contributed by atoms with van der Waals surface area (Å²) in [5, 5.41) is 2.49. The van der Waals surface area contributed by atoms with Gasteiger partial charge in [-0.1, -0.05) is 0 Å². The van der Waals surface area contributed by atoms with Gasteiger partial charge in [0.15, 0.2) is 0 Å². The number of hydrogen-bond acceptors (Lipinski definition) is 3. The molecule has 2 rings (SSSR count). The van der Waals surface area contributed by atoms with Crippen LogP contribution in [0.3, 0.4) is 0 Å². The van der Waals surface area contributed by atoms with Gasteiger partial charge in [0.25, 0.3) is 0 Å². The number of nitrogens with one attached hydrogen (secondary N) is 1. The second kappa shape index (κ2) is 3.96. The molecule has 5 nitrogen and oxygen atoms in total. The fraction of sp³-hybridized carbons (Fsp3) is 0.778. The minimum Gasteiger partial charge on any atom is -0.376 e. The summed E-state index contributed by atoms with van der Waals surface area (Å²) in [5.74, 6) is -0.149. The van der Waals surface area contributed by atoms with E-state index in [0.29, 0.717) is 6.54 Å². The SMILES string of the molecule is O=C1CNC(=O)N1CC1CCCCO1. The van der Waals surface area contributed by atoms with Gasteiger partial charge in [0, 0.05) is 6.61 Å². The highest BCUT2D eigenvalue weighted by Crippen LogP contribution is 2.14. The summed E-state index contributed by atoms with van der Waals surface area (Å²) < 4.78 is 5.46. The number of imide groups is 1. The van der Waals surface area contributed by atoms with Crippen LogP contribution in [-0.4, -0.2) is 42.6 Å². The molecule has 0 aromatic rings. The van der Waals surface area contributed by atoms with E-state index in [4.69, 9.17) is 4.74 Å². The van der Waals surface area contributed by atoms with Crippen molar-refractivity contribution in [2.45, 2.75) is 25.4 Å². The summed E-state index contributed by atoms with van der Waals surface area (Å²) in [6.45, 7) is 1.28. The maximum atomic E-state index is 11.2. The first-order valence-corrected chi connectivity index (χ1v) is 4.97. The first-order valence-electron chi connectivity index (χ1n) is 4.97. The van der Waals surface area contributed by atoms with E-state index in [1.54, 1.807) is 0 Å². The number of nitrogens with zero attached hydrogens (tertiary/aromatic N) is 1. The maximum absolute atomic E-state index is 11.2. The molecule has 2 heterocycles. The molecular weight excluding hydrogens is 184 g/mol. The van der Waals surface area contributed by atoms with E-state index in [0.717, 1.165) is 25.9 Å². The number of amides is 3. The highest BCUT2D eigenvalue weighted by Gasteiger charge is 2.31. The van der Waals surface area contributed by atoms with E-state index in [2.05, 4.69) is 5.32 Å². The zero-order chi connectivity index (χ0) is 9.97. The maximum Gasteiger partial charge on any atom is 0.324 e. The third-order valence-electron chi connectivity index (χ3n) is 2.60. The summed E-state index contributed by atoms with van der Waals surface area (Å²) in [5.41, 5.74) is 0. The average molecular weight is 198 g/mol. The second-order valence-corrected chi connectivity index (χ2v) is 3.65. The Balaban J connectivity index is 1.89. The van der Waals surface area contributed by atoms with E-state index in [1.807, 2.05) is 0 Å². The summed E-state index contributed by atoms with van der Waals surface area (Å²) in [7, 11) is 0.